The number of hydrogen-bond donors (Lipinski definition) is 1. The summed E-state index contributed by atoms with van der Waals surface area (Å²) in [6.45, 7) is 3.95. The summed E-state index contributed by atoms with van der Waals surface area (Å²) in [5, 5.41) is 2.78. The number of ether oxygens (including phenoxy) is 1. The molecule has 0 aromatic rings. The Balaban J connectivity index is 1.87. The van der Waals surface area contributed by atoms with Gasteiger partial charge < -0.3 is 10.1 Å². The molecule has 0 radical (unpaired) electrons. The van der Waals surface area contributed by atoms with Crippen LogP contribution in [0, 0.1) is 5.92 Å². The predicted molar refractivity (Wildman–Crippen MR) is 46.4 cm³/mol. The van der Waals surface area contributed by atoms with Crippen molar-refractivity contribution in [1.29, 1.82) is 0 Å². The van der Waals surface area contributed by atoms with Gasteiger partial charge in [0, 0.05) is 19.0 Å². The number of nitrogens with zero attached hydrogens (tertiary/aromatic N) is 1. The van der Waals surface area contributed by atoms with Gasteiger partial charge in [0.15, 0.2) is 0 Å². The third-order valence-electron chi connectivity index (χ3n) is 3.57. The van der Waals surface area contributed by atoms with E-state index < -0.39 is 0 Å². The van der Waals surface area contributed by atoms with Crippen LogP contribution in [0.25, 0.3) is 0 Å². The van der Waals surface area contributed by atoms with E-state index >= 15 is 0 Å². The number of hydrogen-bond acceptors (Lipinski definition) is 3. The maximum Gasteiger partial charge on any atom is 0.407 e. The molecular formula is C9H14N2O2. The number of rotatable bonds is 0. The van der Waals surface area contributed by atoms with Crippen LogP contribution < -0.4 is 5.32 Å². The van der Waals surface area contributed by atoms with Gasteiger partial charge in [0.2, 0.25) is 0 Å². The number of alkyl carbamates (subject to hydrolysis) is 1. The van der Waals surface area contributed by atoms with Crippen molar-refractivity contribution in [2.24, 2.45) is 5.92 Å². The van der Waals surface area contributed by atoms with Gasteiger partial charge in [0.05, 0.1) is 6.54 Å². The molecule has 3 aliphatic rings. The van der Waals surface area contributed by atoms with Crippen molar-refractivity contribution in [3.8, 4) is 0 Å². The van der Waals surface area contributed by atoms with Crippen LogP contribution in [0.4, 0.5) is 4.79 Å². The van der Waals surface area contributed by atoms with E-state index in [0.717, 1.165) is 13.1 Å². The number of amides is 1. The van der Waals surface area contributed by atoms with E-state index in [9.17, 15) is 4.79 Å². The zero-order valence-electron chi connectivity index (χ0n) is 7.58. The molecule has 13 heavy (non-hydrogen) atoms. The van der Waals surface area contributed by atoms with Crippen molar-refractivity contribution in [3.05, 3.63) is 0 Å². The van der Waals surface area contributed by atoms with Gasteiger partial charge in [0.1, 0.15) is 5.60 Å². The SMILES string of the molecule is O=C1NCC2(CN3CCC[C@@H]2C3)O1. The minimum atomic E-state index is -0.228. The molecule has 2 unspecified atom stereocenters. The first-order chi connectivity index (χ1) is 6.28. The second kappa shape index (κ2) is 2.38. The van der Waals surface area contributed by atoms with Crippen molar-refractivity contribution < 1.29 is 9.53 Å². The summed E-state index contributed by atoms with van der Waals surface area (Å²) >= 11 is 0. The molecule has 0 aliphatic carbocycles. The molecule has 3 rings (SSSR count). The molecule has 0 aromatic carbocycles. The molecule has 2 bridgehead atoms. The summed E-state index contributed by atoms with van der Waals surface area (Å²) in [6.07, 6.45) is 2.24. The van der Waals surface area contributed by atoms with Gasteiger partial charge in [-0.15, -0.1) is 0 Å². The van der Waals surface area contributed by atoms with Crippen molar-refractivity contribution in [3.63, 3.8) is 0 Å². The van der Waals surface area contributed by atoms with Crippen LogP contribution in [0.1, 0.15) is 12.8 Å². The Bertz CT molecular complexity index is 256. The maximum atomic E-state index is 11.0. The zero-order valence-corrected chi connectivity index (χ0v) is 7.58. The second-order valence-electron chi connectivity index (χ2n) is 4.38. The molecule has 3 atom stereocenters. The molecule has 72 valence electrons. The highest BCUT2D eigenvalue weighted by molar-refractivity contribution is 5.70. The maximum absolute atomic E-state index is 11.0. The Labute approximate surface area is 77.2 Å². The second-order valence-corrected chi connectivity index (χ2v) is 4.38. The highest BCUT2D eigenvalue weighted by atomic mass is 16.6. The fourth-order valence-corrected chi connectivity index (χ4v) is 2.93. The van der Waals surface area contributed by atoms with Gasteiger partial charge in [-0.3, -0.25) is 4.90 Å². The Morgan fingerprint density at radius 2 is 2.54 bits per heavy atom. The summed E-state index contributed by atoms with van der Waals surface area (Å²) in [5.41, 5.74) is -0.173. The first kappa shape index (κ1) is 7.62. The normalized spacial score (nSPS) is 47.8. The molecule has 3 aliphatic heterocycles. The lowest BCUT2D eigenvalue weighted by molar-refractivity contribution is 0.0353. The lowest BCUT2D eigenvalue weighted by Gasteiger charge is -2.26. The van der Waals surface area contributed by atoms with Crippen molar-refractivity contribution in [2.75, 3.05) is 26.2 Å². The molecule has 3 saturated heterocycles. The first-order valence-corrected chi connectivity index (χ1v) is 4.98. The minimum absolute atomic E-state index is 0.173. The smallest absolute Gasteiger partial charge is 0.407 e. The van der Waals surface area contributed by atoms with E-state index in [0.29, 0.717) is 12.5 Å². The van der Waals surface area contributed by atoms with Crippen LogP contribution in [-0.2, 0) is 4.74 Å². The van der Waals surface area contributed by atoms with E-state index in [4.69, 9.17) is 4.74 Å². The van der Waals surface area contributed by atoms with E-state index in [1.165, 1.54) is 19.4 Å². The monoisotopic (exact) mass is 182 g/mol. The van der Waals surface area contributed by atoms with Gasteiger partial charge in [-0.1, -0.05) is 0 Å². The summed E-state index contributed by atoms with van der Waals surface area (Å²) in [7, 11) is 0. The minimum Gasteiger partial charge on any atom is -0.439 e. The van der Waals surface area contributed by atoms with Crippen molar-refractivity contribution in [2.45, 2.75) is 18.4 Å². The number of nitrogens with one attached hydrogen (secondary N) is 1. The Kier molecular flexibility index (Phi) is 1.39. The molecule has 0 saturated carbocycles. The largest absolute Gasteiger partial charge is 0.439 e. The number of piperidine rings is 1. The number of fused-ring (bicyclic) bond motifs is 3. The van der Waals surface area contributed by atoms with E-state index in [1.807, 2.05) is 0 Å². The quantitative estimate of drug-likeness (QED) is 0.581. The van der Waals surface area contributed by atoms with Crippen molar-refractivity contribution >= 4 is 6.09 Å². The van der Waals surface area contributed by atoms with Gasteiger partial charge in [-0.05, 0) is 19.4 Å². The summed E-state index contributed by atoms with van der Waals surface area (Å²) < 4.78 is 5.43. The Hall–Kier alpha value is -0.770. The van der Waals surface area contributed by atoms with Gasteiger partial charge in [0.25, 0.3) is 0 Å². The standard InChI is InChI=1S/C9H14N2O2/c12-8-10-5-9(13-8)6-11-3-1-2-7(9)4-11/h7H,1-6H2,(H,10,12)/t7-,9?/m1/s1. The van der Waals surface area contributed by atoms with Crippen molar-refractivity contribution in [1.82, 2.24) is 10.2 Å². The molecule has 0 aromatic heterocycles. The third-order valence-corrected chi connectivity index (χ3v) is 3.57. The zero-order chi connectivity index (χ0) is 8.89. The average molecular weight is 182 g/mol. The molecule has 4 heteroatoms. The fourth-order valence-electron chi connectivity index (χ4n) is 2.93. The van der Waals surface area contributed by atoms with Crippen LogP contribution >= 0.6 is 0 Å². The fraction of sp³-hybridized carbons (Fsp3) is 0.889. The summed E-state index contributed by atoms with van der Waals surface area (Å²) in [5.74, 6) is 0.570. The predicted octanol–water partition coefficient (Wildman–Crippen LogP) is 0.191. The van der Waals surface area contributed by atoms with E-state index in [1.54, 1.807) is 0 Å². The lowest BCUT2D eigenvalue weighted by atomic mass is 9.87. The first-order valence-electron chi connectivity index (χ1n) is 4.98. The van der Waals surface area contributed by atoms with Gasteiger partial charge in [-0.2, -0.15) is 0 Å². The summed E-state index contributed by atoms with van der Waals surface area (Å²) in [4.78, 5) is 13.5. The Morgan fingerprint density at radius 1 is 1.62 bits per heavy atom. The molecule has 1 amide bonds. The number of carbonyl (C=O) groups excluding carboxylic acids is 1. The van der Waals surface area contributed by atoms with Crippen LogP contribution in [0.5, 0.6) is 0 Å². The third kappa shape index (κ3) is 0.981. The topological polar surface area (TPSA) is 41.6 Å². The van der Waals surface area contributed by atoms with E-state index in [2.05, 4.69) is 10.2 Å². The average Bonchev–Trinajstić information content (AvgIpc) is 2.58. The van der Waals surface area contributed by atoms with Crippen LogP contribution in [0.2, 0.25) is 0 Å². The van der Waals surface area contributed by atoms with Crippen LogP contribution in [-0.4, -0.2) is 42.8 Å². The molecule has 4 nitrogen and oxygen atoms in total. The summed E-state index contributed by atoms with van der Waals surface area (Å²) in [6, 6.07) is 0. The van der Waals surface area contributed by atoms with E-state index in [-0.39, 0.29) is 11.7 Å². The number of carbonyl (C=O) groups is 1. The molecular weight excluding hydrogens is 168 g/mol. The molecule has 3 fully saturated rings. The van der Waals surface area contributed by atoms with Crippen LogP contribution in [0.3, 0.4) is 0 Å². The molecule has 3 heterocycles. The van der Waals surface area contributed by atoms with Crippen LogP contribution in [0.15, 0.2) is 0 Å². The molecule has 1 N–H and O–H groups in total. The lowest BCUT2D eigenvalue weighted by Crippen LogP contribution is -2.40. The Morgan fingerprint density at radius 3 is 3.23 bits per heavy atom. The highest BCUT2D eigenvalue weighted by Gasteiger charge is 2.53. The highest BCUT2D eigenvalue weighted by Crippen LogP contribution is 2.39. The van der Waals surface area contributed by atoms with Gasteiger partial charge in [-0.25, -0.2) is 4.79 Å². The molecule has 1 spiro atoms. The van der Waals surface area contributed by atoms with Gasteiger partial charge >= 0.3 is 6.09 Å².